The van der Waals surface area contributed by atoms with Crippen molar-refractivity contribution in [2.45, 2.75) is 11.8 Å². The van der Waals surface area contributed by atoms with Gasteiger partial charge in [-0.05, 0) is 17.9 Å². The molecule has 0 atom stereocenters. The van der Waals surface area contributed by atoms with E-state index >= 15 is 0 Å². The number of nitrogens with two attached hydrogens (primary N) is 1. The van der Waals surface area contributed by atoms with Gasteiger partial charge in [0.1, 0.15) is 11.6 Å². The van der Waals surface area contributed by atoms with Gasteiger partial charge in [-0.15, -0.1) is 11.8 Å². The van der Waals surface area contributed by atoms with Gasteiger partial charge in [0.25, 0.3) is 0 Å². The number of benzene rings is 1. The van der Waals surface area contributed by atoms with Crippen LogP contribution in [0.25, 0.3) is 0 Å². The van der Waals surface area contributed by atoms with Crippen molar-refractivity contribution in [3.05, 3.63) is 29.3 Å². The number of halogens is 2. The van der Waals surface area contributed by atoms with Crippen molar-refractivity contribution in [2.24, 2.45) is 10.9 Å². The lowest BCUT2D eigenvalue weighted by atomic mass is 10.2. The smallest absolute Gasteiger partial charge is 0.170 e. The van der Waals surface area contributed by atoms with E-state index < -0.39 is 11.6 Å². The molecule has 0 aliphatic carbocycles. The van der Waals surface area contributed by atoms with E-state index in [4.69, 9.17) is 10.9 Å². The maximum atomic E-state index is 13.3. The van der Waals surface area contributed by atoms with Crippen molar-refractivity contribution in [3.63, 3.8) is 0 Å². The molecule has 0 unspecified atom stereocenters. The molecule has 0 heterocycles. The fourth-order valence-corrected chi connectivity index (χ4v) is 1.73. The first kappa shape index (κ1) is 11.8. The van der Waals surface area contributed by atoms with Gasteiger partial charge in [-0.3, -0.25) is 0 Å². The Morgan fingerprint density at radius 3 is 2.40 bits per heavy atom. The quantitative estimate of drug-likeness (QED) is 0.276. The fraction of sp³-hybridized carbons (Fsp3) is 0.222. The molecule has 0 radical (unpaired) electrons. The van der Waals surface area contributed by atoms with Crippen LogP contribution in [0.2, 0.25) is 0 Å². The van der Waals surface area contributed by atoms with Gasteiger partial charge in [0.2, 0.25) is 0 Å². The molecule has 1 rings (SSSR count). The van der Waals surface area contributed by atoms with Gasteiger partial charge in [0, 0.05) is 5.56 Å². The summed E-state index contributed by atoms with van der Waals surface area (Å²) in [5, 5.41) is 11.0. The number of hydrogen-bond acceptors (Lipinski definition) is 3. The van der Waals surface area contributed by atoms with Crippen LogP contribution in [0.1, 0.15) is 12.5 Å². The highest BCUT2D eigenvalue weighted by molar-refractivity contribution is 7.99. The van der Waals surface area contributed by atoms with E-state index in [2.05, 4.69) is 5.16 Å². The monoisotopic (exact) mass is 232 g/mol. The first-order chi connectivity index (χ1) is 7.10. The molecule has 0 aliphatic heterocycles. The summed E-state index contributed by atoms with van der Waals surface area (Å²) < 4.78 is 26.7. The Hall–Kier alpha value is -1.30. The van der Waals surface area contributed by atoms with E-state index in [1.165, 1.54) is 0 Å². The molecule has 3 N–H and O–H groups in total. The maximum absolute atomic E-state index is 13.3. The second kappa shape index (κ2) is 4.97. The van der Waals surface area contributed by atoms with Gasteiger partial charge in [0.15, 0.2) is 5.84 Å². The molecule has 0 aromatic heterocycles. The lowest BCUT2D eigenvalue weighted by molar-refractivity contribution is 0.318. The van der Waals surface area contributed by atoms with Crippen LogP contribution in [-0.4, -0.2) is 16.8 Å². The summed E-state index contributed by atoms with van der Waals surface area (Å²) in [6, 6.07) is 2.08. The topological polar surface area (TPSA) is 58.6 Å². The van der Waals surface area contributed by atoms with E-state index in [0.29, 0.717) is 5.75 Å². The van der Waals surface area contributed by atoms with E-state index in [0.717, 1.165) is 23.9 Å². The highest BCUT2D eigenvalue weighted by atomic mass is 32.2. The summed E-state index contributed by atoms with van der Waals surface area (Å²) in [5.41, 5.74) is 5.24. The standard InChI is InChI=1S/C9H10F2N2OS/c1-2-15-8-6(10)3-5(4-7(8)11)9(12)13-14/h3-4,14H,2H2,1H3,(H2,12,13). The highest BCUT2D eigenvalue weighted by Gasteiger charge is 2.12. The Balaban J connectivity index is 3.19. The normalized spacial score (nSPS) is 11.8. The third kappa shape index (κ3) is 2.59. The Labute approximate surface area is 90.0 Å². The van der Waals surface area contributed by atoms with Crippen LogP contribution in [0.3, 0.4) is 0 Å². The fourth-order valence-electron chi connectivity index (χ4n) is 1.05. The van der Waals surface area contributed by atoms with Crippen molar-refractivity contribution in [2.75, 3.05) is 5.75 Å². The van der Waals surface area contributed by atoms with E-state index in [1.54, 1.807) is 6.92 Å². The highest BCUT2D eigenvalue weighted by Crippen LogP contribution is 2.25. The first-order valence-electron chi connectivity index (χ1n) is 4.19. The molecule has 3 nitrogen and oxygen atoms in total. The molecular formula is C9H10F2N2OS. The molecule has 82 valence electrons. The van der Waals surface area contributed by atoms with E-state index in [-0.39, 0.29) is 16.3 Å². The van der Waals surface area contributed by atoms with Crippen molar-refractivity contribution in [3.8, 4) is 0 Å². The summed E-state index contributed by atoms with van der Waals surface area (Å²) in [7, 11) is 0. The number of amidine groups is 1. The van der Waals surface area contributed by atoms with Gasteiger partial charge in [-0.25, -0.2) is 8.78 Å². The van der Waals surface area contributed by atoms with Gasteiger partial charge in [-0.2, -0.15) is 0 Å². The molecule has 6 heteroatoms. The Bertz CT molecular complexity index is 373. The van der Waals surface area contributed by atoms with E-state index in [1.807, 2.05) is 0 Å². The average molecular weight is 232 g/mol. The van der Waals surface area contributed by atoms with Gasteiger partial charge in [-0.1, -0.05) is 12.1 Å². The Morgan fingerprint density at radius 2 is 2.00 bits per heavy atom. The van der Waals surface area contributed by atoms with Crippen molar-refractivity contribution in [1.29, 1.82) is 0 Å². The lowest BCUT2D eigenvalue weighted by Gasteiger charge is -2.05. The van der Waals surface area contributed by atoms with Crippen LogP contribution in [0, 0.1) is 11.6 Å². The molecule has 0 bridgehead atoms. The molecule has 0 aliphatic rings. The second-order valence-electron chi connectivity index (χ2n) is 2.69. The second-order valence-corrected chi connectivity index (χ2v) is 3.96. The third-order valence-electron chi connectivity index (χ3n) is 1.69. The van der Waals surface area contributed by atoms with Crippen molar-refractivity contribution < 1.29 is 14.0 Å². The van der Waals surface area contributed by atoms with Crippen LogP contribution in [0.5, 0.6) is 0 Å². The number of rotatable bonds is 3. The summed E-state index contributed by atoms with van der Waals surface area (Å²) in [4.78, 5) is -0.0491. The zero-order valence-electron chi connectivity index (χ0n) is 8.00. The van der Waals surface area contributed by atoms with Gasteiger partial charge >= 0.3 is 0 Å². The number of nitrogens with zero attached hydrogens (tertiary/aromatic N) is 1. The maximum Gasteiger partial charge on any atom is 0.170 e. The zero-order valence-corrected chi connectivity index (χ0v) is 8.81. The largest absolute Gasteiger partial charge is 0.409 e. The third-order valence-corrected chi connectivity index (χ3v) is 2.66. The van der Waals surface area contributed by atoms with Crippen molar-refractivity contribution in [1.82, 2.24) is 0 Å². The van der Waals surface area contributed by atoms with E-state index in [9.17, 15) is 8.78 Å². The van der Waals surface area contributed by atoms with Crippen molar-refractivity contribution >= 4 is 17.6 Å². The minimum absolute atomic E-state index is 0.0213. The molecule has 0 spiro atoms. The molecule has 1 aromatic rings. The van der Waals surface area contributed by atoms with Gasteiger partial charge < -0.3 is 10.9 Å². The number of oxime groups is 1. The summed E-state index contributed by atoms with van der Waals surface area (Å²) in [6.07, 6.45) is 0. The van der Waals surface area contributed by atoms with Gasteiger partial charge in [0.05, 0.1) is 4.90 Å². The number of hydrogen-bond donors (Lipinski definition) is 2. The Kier molecular flexibility index (Phi) is 3.90. The summed E-state index contributed by atoms with van der Waals surface area (Å²) in [5.74, 6) is -1.16. The van der Waals surface area contributed by atoms with Crippen LogP contribution < -0.4 is 5.73 Å². The molecule has 1 aromatic carbocycles. The predicted octanol–water partition coefficient (Wildman–Crippen LogP) is 2.17. The Morgan fingerprint density at radius 1 is 1.47 bits per heavy atom. The minimum atomic E-state index is -0.705. The minimum Gasteiger partial charge on any atom is -0.409 e. The van der Waals surface area contributed by atoms with Crippen LogP contribution in [0.4, 0.5) is 8.78 Å². The van der Waals surface area contributed by atoms with Crippen LogP contribution >= 0.6 is 11.8 Å². The van der Waals surface area contributed by atoms with Crippen LogP contribution in [-0.2, 0) is 0 Å². The molecule has 0 amide bonds. The predicted molar refractivity (Wildman–Crippen MR) is 55.3 cm³/mol. The molecule has 15 heavy (non-hydrogen) atoms. The molecule has 0 fully saturated rings. The lowest BCUT2D eigenvalue weighted by Crippen LogP contribution is -2.14. The first-order valence-corrected chi connectivity index (χ1v) is 5.18. The summed E-state index contributed by atoms with van der Waals surface area (Å²) >= 11 is 1.06. The molecule has 0 saturated carbocycles. The molecule has 0 saturated heterocycles. The SMILES string of the molecule is CCSc1c(F)cc(C(N)=NO)cc1F. The van der Waals surface area contributed by atoms with Crippen LogP contribution in [0.15, 0.2) is 22.2 Å². The average Bonchev–Trinajstić information content (AvgIpc) is 2.22. The molecular weight excluding hydrogens is 222 g/mol. The zero-order chi connectivity index (χ0) is 11.4. The summed E-state index contributed by atoms with van der Waals surface area (Å²) in [6.45, 7) is 1.79. The number of thioether (sulfide) groups is 1.